The summed E-state index contributed by atoms with van der Waals surface area (Å²) >= 11 is 11.5. The van der Waals surface area contributed by atoms with Crippen LogP contribution in [0.25, 0.3) is 0 Å². The zero-order valence-electron chi connectivity index (χ0n) is 13.0. The number of halogens is 2. The summed E-state index contributed by atoms with van der Waals surface area (Å²) in [6.45, 7) is 1.04. The third kappa shape index (κ3) is 4.58. The minimum atomic E-state index is -4.24. The predicted octanol–water partition coefficient (Wildman–Crippen LogP) is 2.32. The van der Waals surface area contributed by atoms with Crippen LogP contribution in [-0.4, -0.2) is 27.8 Å². The van der Waals surface area contributed by atoms with Crippen LogP contribution >= 0.6 is 23.2 Å². The van der Waals surface area contributed by atoms with E-state index >= 15 is 0 Å². The molecule has 26 heavy (non-hydrogen) atoms. The van der Waals surface area contributed by atoms with E-state index in [0.717, 1.165) is 25.1 Å². The number of aromatic hydroxyl groups is 1. The molecule has 2 rings (SSSR count). The third-order valence-corrected chi connectivity index (χ3v) is 6.33. The van der Waals surface area contributed by atoms with Gasteiger partial charge in [0.05, 0.1) is 9.92 Å². The number of benzene rings is 2. The van der Waals surface area contributed by atoms with Crippen molar-refractivity contribution in [2.45, 2.75) is 16.7 Å². The highest BCUT2D eigenvalue weighted by Crippen LogP contribution is 2.35. The Bertz CT molecular complexity index is 1070. The summed E-state index contributed by atoms with van der Waals surface area (Å²) < 4.78 is 52.4. The number of carbonyl (C=O) groups is 1. The SMILES string of the molecule is CC(=O)NS(=O)(=O)c1ccc(NS(=O)(=O)c2cc(Cl)cc(Cl)c2O)cc1. The van der Waals surface area contributed by atoms with Crippen molar-refractivity contribution >= 4 is 54.8 Å². The molecule has 0 spiro atoms. The maximum atomic E-state index is 12.4. The third-order valence-electron chi connectivity index (χ3n) is 2.98. The first-order valence-corrected chi connectivity index (χ1v) is 10.5. The lowest BCUT2D eigenvalue weighted by molar-refractivity contribution is -0.117. The van der Waals surface area contributed by atoms with Crippen molar-refractivity contribution in [2.24, 2.45) is 0 Å². The number of hydrogen-bond donors (Lipinski definition) is 3. The van der Waals surface area contributed by atoms with E-state index in [1.807, 2.05) is 0 Å². The van der Waals surface area contributed by atoms with Gasteiger partial charge < -0.3 is 5.11 Å². The number of sulfonamides is 2. The lowest BCUT2D eigenvalue weighted by Crippen LogP contribution is -2.28. The average Bonchev–Trinajstić information content (AvgIpc) is 2.49. The first-order valence-electron chi connectivity index (χ1n) is 6.76. The van der Waals surface area contributed by atoms with Gasteiger partial charge in [-0.15, -0.1) is 0 Å². The average molecular weight is 439 g/mol. The van der Waals surface area contributed by atoms with Crippen molar-refractivity contribution in [3.8, 4) is 5.75 Å². The Labute approximate surface area is 159 Å². The zero-order valence-corrected chi connectivity index (χ0v) is 16.2. The maximum absolute atomic E-state index is 12.4. The molecule has 2 aromatic carbocycles. The Balaban J connectivity index is 2.33. The van der Waals surface area contributed by atoms with Crippen molar-refractivity contribution < 1.29 is 26.7 Å². The molecule has 0 saturated carbocycles. The molecule has 0 aliphatic carbocycles. The van der Waals surface area contributed by atoms with Crippen LogP contribution in [0.4, 0.5) is 5.69 Å². The Morgan fingerprint density at radius 1 is 1.00 bits per heavy atom. The Kier molecular flexibility index (Phi) is 5.71. The topological polar surface area (TPSA) is 130 Å². The van der Waals surface area contributed by atoms with E-state index in [2.05, 4.69) is 4.72 Å². The number of carbonyl (C=O) groups excluding carboxylic acids is 1. The molecule has 1 amide bonds. The van der Waals surface area contributed by atoms with Crippen LogP contribution in [0.15, 0.2) is 46.2 Å². The van der Waals surface area contributed by atoms with Gasteiger partial charge in [-0.2, -0.15) is 0 Å². The summed E-state index contributed by atoms with van der Waals surface area (Å²) in [6, 6.07) is 6.76. The Morgan fingerprint density at radius 3 is 2.12 bits per heavy atom. The molecule has 0 aliphatic rings. The lowest BCUT2D eigenvalue weighted by atomic mass is 10.3. The highest BCUT2D eigenvalue weighted by molar-refractivity contribution is 7.92. The van der Waals surface area contributed by atoms with Crippen LogP contribution < -0.4 is 9.44 Å². The Hall–Kier alpha value is -2.01. The van der Waals surface area contributed by atoms with E-state index in [1.165, 1.54) is 18.2 Å². The highest BCUT2D eigenvalue weighted by atomic mass is 35.5. The molecule has 0 bridgehead atoms. The number of anilines is 1. The van der Waals surface area contributed by atoms with Crippen LogP contribution in [0.5, 0.6) is 5.75 Å². The molecular weight excluding hydrogens is 427 g/mol. The number of amides is 1. The van der Waals surface area contributed by atoms with E-state index in [9.17, 15) is 26.7 Å². The minimum Gasteiger partial charge on any atom is -0.505 e. The highest BCUT2D eigenvalue weighted by Gasteiger charge is 2.22. The lowest BCUT2D eigenvalue weighted by Gasteiger charge is -2.11. The molecule has 0 saturated heterocycles. The van der Waals surface area contributed by atoms with E-state index in [1.54, 1.807) is 4.72 Å². The van der Waals surface area contributed by atoms with Gasteiger partial charge in [-0.3, -0.25) is 9.52 Å². The largest absolute Gasteiger partial charge is 0.505 e. The van der Waals surface area contributed by atoms with Gasteiger partial charge in [0.15, 0.2) is 5.75 Å². The van der Waals surface area contributed by atoms with Crippen molar-refractivity contribution in [1.82, 2.24) is 4.72 Å². The molecule has 0 radical (unpaired) electrons. The molecule has 3 N–H and O–H groups in total. The molecule has 0 fully saturated rings. The molecule has 140 valence electrons. The Morgan fingerprint density at radius 2 is 1.58 bits per heavy atom. The molecule has 12 heteroatoms. The number of phenolic OH excluding ortho intramolecular Hbond substituents is 1. The van der Waals surface area contributed by atoms with Gasteiger partial charge in [-0.25, -0.2) is 21.6 Å². The summed E-state index contributed by atoms with van der Waals surface area (Å²) in [5.41, 5.74) is 0.0160. The standard InChI is InChI=1S/C14H12Cl2N2O6S2/c1-8(19)17-25(21,22)11-4-2-10(3-5-11)18-26(23,24)13-7-9(15)6-12(16)14(13)20/h2-7,18,20H,1H3,(H,17,19). The fourth-order valence-electron chi connectivity index (χ4n) is 1.91. The first-order chi connectivity index (χ1) is 11.9. The normalized spacial score (nSPS) is 11.8. The van der Waals surface area contributed by atoms with Crippen LogP contribution in [0, 0.1) is 0 Å². The summed E-state index contributed by atoms with van der Waals surface area (Å²) in [5.74, 6) is -1.43. The summed E-state index contributed by atoms with van der Waals surface area (Å²) in [4.78, 5) is 10.1. The van der Waals surface area contributed by atoms with Gasteiger partial charge in [0.2, 0.25) is 5.91 Å². The fourth-order valence-corrected chi connectivity index (χ4v) is 4.72. The van der Waals surface area contributed by atoms with Crippen LogP contribution in [0.2, 0.25) is 10.0 Å². The van der Waals surface area contributed by atoms with Crippen molar-refractivity contribution in [3.05, 3.63) is 46.4 Å². The number of hydrogen-bond acceptors (Lipinski definition) is 6. The molecule has 0 heterocycles. The molecule has 0 aliphatic heterocycles. The van der Waals surface area contributed by atoms with Crippen LogP contribution in [-0.2, 0) is 24.8 Å². The van der Waals surface area contributed by atoms with E-state index in [-0.39, 0.29) is 20.6 Å². The molecular formula is C14H12Cl2N2O6S2. The van der Waals surface area contributed by atoms with E-state index in [4.69, 9.17) is 23.2 Å². The van der Waals surface area contributed by atoms with Crippen molar-refractivity contribution in [2.75, 3.05) is 4.72 Å². The van der Waals surface area contributed by atoms with Gasteiger partial charge in [-0.1, -0.05) is 23.2 Å². The van der Waals surface area contributed by atoms with Crippen molar-refractivity contribution in [1.29, 1.82) is 0 Å². The van der Waals surface area contributed by atoms with Gasteiger partial charge in [-0.05, 0) is 36.4 Å². The minimum absolute atomic E-state index is 0.00456. The second-order valence-corrected chi connectivity index (χ2v) is 9.20. The number of phenols is 1. The number of rotatable bonds is 5. The first kappa shape index (κ1) is 20.3. The van der Waals surface area contributed by atoms with E-state index < -0.39 is 36.6 Å². The smallest absolute Gasteiger partial charge is 0.265 e. The second-order valence-electron chi connectivity index (χ2n) is 5.03. The summed E-state index contributed by atoms with van der Waals surface area (Å²) in [6.07, 6.45) is 0. The maximum Gasteiger partial charge on any atom is 0.265 e. The van der Waals surface area contributed by atoms with Gasteiger partial charge in [0, 0.05) is 17.6 Å². The number of nitrogens with one attached hydrogen (secondary N) is 2. The monoisotopic (exact) mass is 438 g/mol. The molecule has 0 aromatic heterocycles. The fraction of sp³-hybridized carbons (Fsp3) is 0.0714. The van der Waals surface area contributed by atoms with Crippen LogP contribution in [0.3, 0.4) is 0 Å². The summed E-state index contributed by atoms with van der Waals surface area (Å²) in [5, 5.41) is 9.60. The summed E-state index contributed by atoms with van der Waals surface area (Å²) in [7, 11) is -8.29. The molecule has 0 atom stereocenters. The second kappa shape index (κ2) is 7.31. The van der Waals surface area contributed by atoms with Gasteiger partial charge in [0.25, 0.3) is 20.0 Å². The predicted molar refractivity (Wildman–Crippen MR) is 96.4 cm³/mol. The van der Waals surface area contributed by atoms with Crippen molar-refractivity contribution in [3.63, 3.8) is 0 Å². The quantitative estimate of drug-likeness (QED) is 0.656. The zero-order chi connectivity index (χ0) is 19.7. The molecule has 8 nitrogen and oxygen atoms in total. The molecule has 2 aromatic rings. The van der Waals surface area contributed by atoms with E-state index in [0.29, 0.717) is 0 Å². The molecule has 0 unspecified atom stereocenters. The van der Waals surface area contributed by atoms with Crippen LogP contribution in [0.1, 0.15) is 6.92 Å². The van der Waals surface area contributed by atoms with Gasteiger partial charge in [0.1, 0.15) is 4.90 Å². The van der Waals surface area contributed by atoms with Gasteiger partial charge >= 0.3 is 0 Å².